The topological polar surface area (TPSA) is 92.8 Å². The van der Waals surface area contributed by atoms with Gasteiger partial charge in [-0.05, 0) is 74.2 Å². The number of sulfonamides is 1. The van der Waals surface area contributed by atoms with Crippen molar-refractivity contribution in [2.75, 3.05) is 25.0 Å². The lowest BCUT2D eigenvalue weighted by Gasteiger charge is -2.23. The summed E-state index contributed by atoms with van der Waals surface area (Å²) < 4.78 is 33.4. The molecule has 0 unspecified atom stereocenters. The SMILES string of the molecule is CCOC(=O)c1ccc(NC(=O)CN(CCc2ccccc2)S(=O)(=O)c2cc(C)ccc2C)cc1. The zero-order chi connectivity index (χ0) is 25.4. The van der Waals surface area contributed by atoms with E-state index < -0.39 is 21.9 Å². The molecule has 0 aliphatic heterocycles. The molecule has 0 saturated carbocycles. The third-order valence-corrected chi connectivity index (χ3v) is 7.44. The van der Waals surface area contributed by atoms with Crippen LogP contribution < -0.4 is 5.32 Å². The van der Waals surface area contributed by atoms with Crippen LogP contribution in [0.15, 0.2) is 77.7 Å². The molecule has 3 rings (SSSR count). The first-order valence-corrected chi connectivity index (χ1v) is 12.8. The molecule has 0 bridgehead atoms. The molecule has 0 aliphatic rings. The van der Waals surface area contributed by atoms with Crippen molar-refractivity contribution in [3.8, 4) is 0 Å². The minimum atomic E-state index is -3.92. The summed E-state index contributed by atoms with van der Waals surface area (Å²) >= 11 is 0. The van der Waals surface area contributed by atoms with Gasteiger partial charge in [-0.2, -0.15) is 4.31 Å². The summed E-state index contributed by atoms with van der Waals surface area (Å²) in [6.07, 6.45) is 0.465. The van der Waals surface area contributed by atoms with Gasteiger partial charge in [-0.1, -0.05) is 42.5 Å². The molecule has 184 valence electrons. The highest BCUT2D eigenvalue weighted by Gasteiger charge is 2.28. The monoisotopic (exact) mass is 494 g/mol. The van der Waals surface area contributed by atoms with Gasteiger partial charge in [-0.25, -0.2) is 13.2 Å². The van der Waals surface area contributed by atoms with Crippen LogP contribution in [0.3, 0.4) is 0 Å². The molecule has 0 spiro atoms. The first-order chi connectivity index (χ1) is 16.7. The molecular formula is C27H30N2O5S. The van der Waals surface area contributed by atoms with Gasteiger partial charge in [0.1, 0.15) is 0 Å². The van der Waals surface area contributed by atoms with Crippen molar-refractivity contribution < 1.29 is 22.7 Å². The van der Waals surface area contributed by atoms with E-state index in [1.807, 2.05) is 43.3 Å². The quantitative estimate of drug-likeness (QED) is 0.423. The Labute approximate surface area is 206 Å². The maximum absolute atomic E-state index is 13.6. The molecule has 1 N–H and O–H groups in total. The second-order valence-electron chi connectivity index (χ2n) is 8.19. The molecule has 35 heavy (non-hydrogen) atoms. The molecule has 0 aliphatic carbocycles. The Morgan fingerprint density at radius 1 is 0.943 bits per heavy atom. The fourth-order valence-corrected chi connectivity index (χ4v) is 5.28. The Bertz CT molecular complexity index is 1270. The number of carbonyl (C=O) groups excluding carboxylic acids is 2. The Kier molecular flexibility index (Phi) is 8.78. The molecule has 0 radical (unpaired) electrons. The highest BCUT2D eigenvalue weighted by atomic mass is 32.2. The summed E-state index contributed by atoms with van der Waals surface area (Å²) in [4.78, 5) is 24.9. The Balaban J connectivity index is 1.80. The smallest absolute Gasteiger partial charge is 0.338 e. The number of nitrogens with one attached hydrogen (secondary N) is 1. The van der Waals surface area contributed by atoms with Gasteiger partial charge in [0, 0.05) is 12.2 Å². The number of amides is 1. The summed E-state index contributed by atoms with van der Waals surface area (Å²) in [6.45, 7) is 5.37. The van der Waals surface area contributed by atoms with Gasteiger partial charge in [0.05, 0.1) is 23.6 Å². The second kappa shape index (κ2) is 11.8. The van der Waals surface area contributed by atoms with Crippen molar-refractivity contribution in [1.82, 2.24) is 4.31 Å². The van der Waals surface area contributed by atoms with Gasteiger partial charge in [0.15, 0.2) is 0 Å². The number of ether oxygens (including phenoxy) is 1. The fraction of sp³-hybridized carbons (Fsp3) is 0.259. The van der Waals surface area contributed by atoms with E-state index in [-0.39, 0.29) is 24.6 Å². The Morgan fingerprint density at radius 2 is 1.63 bits per heavy atom. The third kappa shape index (κ3) is 7.00. The number of esters is 1. The van der Waals surface area contributed by atoms with E-state index in [2.05, 4.69) is 5.32 Å². The molecule has 1 amide bonds. The third-order valence-electron chi connectivity index (χ3n) is 5.45. The number of hydrogen-bond donors (Lipinski definition) is 1. The lowest BCUT2D eigenvalue weighted by molar-refractivity contribution is -0.116. The maximum Gasteiger partial charge on any atom is 0.338 e. The van der Waals surface area contributed by atoms with Crippen molar-refractivity contribution in [3.05, 3.63) is 95.1 Å². The van der Waals surface area contributed by atoms with E-state index in [9.17, 15) is 18.0 Å². The van der Waals surface area contributed by atoms with Crippen LogP contribution in [-0.4, -0.2) is 44.3 Å². The molecule has 3 aromatic rings. The van der Waals surface area contributed by atoms with Crippen LogP contribution in [0, 0.1) is 13.8 Å². The maximum atomic E-state index is 13.6. The van der Waals surface area contributed by atoms with E-state index in [0.29, 0.717) is 23.2 Å². The van der Waals surface area contributed by atoms with Crippen LogP contribution in [0.1, 0.15) is 34.0 Å². The van der Waals surface area contributed by atoms with Gasteiger partial charge < -0.3 is 10.1 Å². The average Bonchev–Trinajstić information content (AvgIpc) is 2.84. The molecule has 0 fully saturated rings. The second-order valence-corrected chi connectivity index (χ2v) is 10.1. The summed E-state index contributed by atoms with van der Waals surface area (Å²) in [7, 11) is -3.92. The number of anilines is 1. The largest absolute Gasteiger partial charge is 0.462 e. The van der Waals surface area contributed by atoms with Gasteiger partial charge in [-0.3, -0.25) is 4.79 Å². The lowest BCUT2D eigenvalue weighted by atomic mass is 10.1. The van der Waals surface area contributed by atoms with Gasteiger partial charge in [0.25, 0.3) is 0 Å². The molecule has 0 atom stereocenters. The van der Waals surface area contributed by atoms with Crippen LogP contribution in [-0.2, 0) is 26.0 Å². The van der Waals surface area contributed by atoms with Crippen molar-refractivity contribution in [2.45, 2.75) is 32.1 Å². The molecule has 3 aromatic carbocycles. The predicted molar refractivity (Wildman–Crippen MR) is 136 cm³/mol. The molecule has 8 heteroatoms. The first kappa shape index (κ1) is 26.1. The number of benzene rings is 3. The molecule has 7 nitrogen and oxygen atoms in total. The summed E-state index contributed by atoms with van der Waals surface area (Å²) in [5.41, 5.74) is 3.24. The number of aryl methyl sites for hydroxylation is 2. The zero-order valence-corrected chi connectivity index (χ0v) is 21.0. The van der Waals surface area contributed by atoms with Crippen LogP contribution >= 0.6 is 0 Å². The number of hydrogen-bond acceptors (Lipinski definition) is 5. The number of nitrogens with zero attached hydrogens (tertiary/aromatic N) is 1. The minimum Gasteiger partial charge on any atom is -0.462 e. The Morgan fingerprint density at radius 3 is 2.29 bits per heavy atom. The summed E-state index contributed by atoms with van der Waals surface area (Å²) in [5.74, 6) is -0.923. The van der Waals surface area contributed by atoms with Gasteiger partial charge in [-0.15, -0.1) is 0 Å². The van der Waals surface area contributed by atoms with Crippen LogP contribution in [0.5, 0.6) is 0 Å². The van der Waals surface area contributed by atoms with Crippen LogP contribution in [0.4, 0.5) is 5.69 Å². The van der Waals surface area contributed by atoms with E-state index in [1.165, 1.54) is 4.31 Å². The van der Waals surface area contributed by atoms with Gasteiger partial charge >= 0.3 is 5.97 Å². The molecule has 0 heterocycles. The number of carbonyl (C=O) groups is 2. The number of rotatable bonds is 10. The average molecular weight is 495 g/mol. The zero-order valence-electron chi connectivity index (χ0n) is 20.2. The minimum absolute atomic E-state index is 0.148. The van der Waals surface area contributed by atoms with Crippen LogP contribution in [0.25, 0.3) is 0 Å². The van der Waals surface area contributed by atoms with E-state index >= 15 is 0 Å². The van der Waals surface area contributed by atoms with E-state index in [1.54, 1.807) is 50.2 Å². The van der Waals surface area contributed by atoms with E-state index in [0.717, 1.165) is 11.1 Å². The molecular weight excluding hydrogens is 464 g/mol. The normalized spacial score (nSPS) is 11.3. The van der Waals surface area contributed by atoms with Crippen molar-refractivity contribution >= 4 is 27.6 Å². The molecule has 0 saturated heterocycles. The van der Waals surface area contributed by atoms with Crippen molar-refractivity contribution in [3.63, 3.8) is 0 Å². The molecule has 0 aromatic heterocycles. The summed E-state index contributed by atoms with van der Waals surface area (Å²) in [5, 5.41) is 2.72. The lowest BCUT2D eigenvalue weighted by Crippen LogP contribution is -2.39. The van der Waals surface area contributed by atoms with E-state index in [4.69, 9.17) is 4.74 Å². The predicted octanol–water partition coefficient (Wildman–Crippen LogP) is 4.35. The summed E-state index contributed by atoms with van der Waals surface area (Å²) in [6, 6.07) is 21.1. The van der Waals surface area contributed by atoms with Crippen molar-refractivity contribution in [1.29, 1.82) is 0 Å². The Hall–Kier alpha value is -3.49. The van der Waals surface area contributed by atoms with Gasteiger partial charge in [0.2, 0.25) is 15.9 Å². The fourth-order valence-electron chi connectivity index (χ4n) is 3.57. The standard InChI is InChI=1S/C27H30N2O5S/c1-4-34-27(31)23-12-14-24(15-13-23)28-26(30)19-29(17-16-22-8-6-5-7-9-22)35(32,33)25-18-20(2)10-11-21(25)3/h5-15,18H,4,16-17,19H2,1-3H3,(H,28,30). The first-order valence-electron chi connectivity index (χ1n) is 11.4. The highest BCUT2D eigenvalue weighted by Crippen LogP contribution is 2.22. The van der Waals surface area contributed by atoms with Crippen molar-refractivity contribution in [2.24, 2.45) is 0 Å². The highest BCUT2D eigenvalue weighted by molar-refractivity contribution is 7.89. The van der Waals surface area contributed by atoms with Crippen LogP contribution in [0.2, 0.25) is 0 Å².